The zero-order valence-corrected chi connectivity index (χ0v) is 11.8. The van der Waals surface area contributed by atoms with Crippen LogP contribution in [0.3, 0.4) is 0 Å². The number of rotatable bonds is 4. The van der Waals surface area contributed by atoms with E-state index in [9.17, 15) is 9.90 Å². The highest BCUT2D eigenvalue weighted by molar-refractivity contribution is 5.70. The van der Waals surface area contributed by atoms with Crippen molar-refractivity contribution in [3.8, 4) is 0 Å². The largest absolute Gasteiger partial charge is 0.447 e. The number of carbonyl (C=O) groups excluding carboxylic acids is 1. The second kappa shape index (κ2) is 6.23. The van der Waals surface area contributed by atoms with E-state index in [2.05, 4.69) is 10.0 Å². The Kier molecular flexibility index (Phi) is 4.15. The van der Waals surface area contributed by atoms with E-state index in [4.69, 9.17) is 15.0 Å². The summed E-state index contributed by atoms with van der Waals surface area (Å²) in [7, 11) is 0. The van der Waals surface area contributed by atoms with Crippen LogP contribution in [0.5, 0.6) is 0 Å². The van der Waals surface area contributed by atoms with Crippen LogP contribution in [0.4, 0.5) is 4.79 Å². The van der Waals surface area contributed by atoms with Gasteiger partial charge in [-0.1, -0.05) is 35.4 Å². The number of carbonyl (C=O) groups is 1. The predicted octanol–water partition coefficient (Wildman–Crippen LogP) is 1.45. The van der Waals surface area contributed by atoms with Crippen LogP contribution in [0.25, 0.3) is 10.4 Å². The van der Waals surface area contributed by atoms with Gasteiger partial charge in [0.25, 0.3) is 0 Å². The average molecular weight is 304 g/mol. The molecule has 0 spiro atoms. The zero-order chi connectivity index (χ0) is 15.5. The summed E-state index contributed by atoms with van der Waals surface area (Å²) in [5.41, 5.74) is 9.56. The van der Waals surface area contributed by atoms with Crippen molar-refractivity contribution in [2.75, 3.05) is 13.2 Å². The summed E-state index contributed by atoms with van der Waals surface area (Å²) in [6, 6.07) is 8.41. The third kappa shape index (κ3) is 2.71. The van der Waals surface area contributed by atoms with E-state index < -0.39 is 24.3 Å². The fraction of sp³-hybridized carbons (Fsp3) is 0.500. The molecule has 116 valence electrons. The average Bonchev–Trinajstić information content (AvgIpc) is 2.90. The summed E-state index contributed by atoms with van der Waals surface area (Å²) >= 11 is 0. The number of aliphatic hydroxyl groups excluding tert-OH is 1. The van der Waals surface area contributed by atoms with Crippen LogP contribution in [0.15, 0.2) is 35.4 Å². The van der Waals surface area contributed by atoms with Gasteiger partial charge < -0.3 is 14.6 Å². The third-order valence-electron chi connectivity index (χ3n) is 3.99. The monoisotopic (exact) mass is 304 g/mol. The molecule has 22 heavy (non-hydrogen) atoms. The van der Waals surface area contributed by atoms with Crippen molar-refractivity contribution >= 4 is 6.09 Å². The van der Waals surface area contributed by atoms with Crippen LogP contribution in [0, 0.1) is 0 Å². The number of azide groups is 1. The molecule has 2 fully saturated rings. The number of benzene rings is 1. The van der Waals surface area contributed by atoms with Crippen molar-refractivity contribution in [3.63, 3.8) is 0 Å². The first-order chi connectivity index (χ1) is 10.7. The summed E-state index contributed by atoms with van der Waals surface area (Å²) in [5.74, 6) is 0. The summed E-state index contributed by atoms with van der Waals surface area (Å²) in [6.45, 7) is 0.600. The van der Waals surface area contributed by atoms with Crippen molar-refractivity contribution in [2.45, 2.75) is 30.9 Å². The lowest BCUT2D eigenvalue weighted by atomic mass is 9.93. The maximum atomic E-state index is 11.7. The minimum atomic E-state index is -0.977. The van der Waals surface area contributed by atoms with Gasteiger partial charge in [-0.05, 0) is 11.1 Å². The molecule has 8 nitrogen and oxygen atoms in total. The number of piperidine rings is 1. The fourth-order valence-corrected chi connectivity index (χ4v) is 2.85. The van der Waals surface area contributed by atoms with Crippen molar-refractivity contribution in [1.29, 1.82) is 0 Å². The summed E-state index contributed by atoms with van der Waals surface area (Å²) in [6.07, 6.45) is -2.10. The Bertz CT molecular complexity index is 590. The van der Waals surface area contributed by atoms with Gasteiger partial charge in [0.1, 0.15) is 12.7 Å². The number of cyclic esters (lactones) is 1. The molecule has 1 aromatic carbocycles. The second-order valence-electron chi connectivity index (χ2n) is 5.32. The molecule has 2 aliphatic heterocycles. The number of hydrogen-bond acceptors (Lipinski definition) is 5. The van der Waals surface area contributed by atoms with E-state index in [1.165, 1.54) is 4.90 Å². The lowest BCUT2D eigenvalue weighted by Gasteiger charge is -2.40. The normalized spacial score (nSPS) is 30.4. The van der Waals surface area contributed by atoms with E-state index in [1.807, 2.05) is 30.3 Å². The number of ether oxygens (including phenoxy) is 2. The van der Waals surface area contributed by atoms with Gasteiger partial charge in [0.2, 0.25) is 0 Å². The Morgan fingerprint density at radius 1 is 1.45 bits per heavy atom. The Labute approximate surface area is 126 Å². The Hall–Kier alpha value is -2.28. The zero-order valence-electron chi connectivity index (χ0n) is 11.8. The molecule has 0 unspecified atom stereocenters. The van der Waals surface area contributed by atoms with E-state index in [0.717, 1.165) is 5.56 Å². The van der Waals surface area contributed by atoms with Gasteiger partial charge in [0.15, 0.2) is 0 Å². The molecular weight excluding hydrogens is 288 g/mol. The van der Waals surface area contributed by atoms with Gasteiger partial charge in [-0.3, -0.25) is 4.90 Å². The molecular formula is C14H16N4O4. The van der Waals surface area contributed by atoms with Gasteiger partial charge in [0, 0.05) is 11.5 Å². The number of nitrogens with zero attached hydrogens (tertiary/aromatic N) is 4. The van der Waals surface area contributed by atoms with Crippen molar-refractivity contribution in [1.82, 2.24) is 4.90 Å². The van der Waals surface area contributed by atoms with Crippen LogP contribution < -0.4 is 0 Å². The summed E-state index contributed by atoms with van der Waals surface area (Å²) in [5, 5.41) is 14.0. The molecule has 1 amide bonds. The highest BCUT2D eigenvalue weighted by Crippen LogP contribution is 2.29. The molecule has 0 aliphatic carbocycles. The molecule has 0 radical (unpaired) electrons. The number of amides is 1. The molecule has 2 saturated heterocycles. The molecule has 2 aliphatic rings. The van der Waals surface area contributed by atoms with Crippen molar-refractivity contribution in [2.24, 2.45) is 5.11 Å². The second-order valence-corrected chi connectivity index (χ2v) is 5.32. The maximum absolute atomic E-state index is 11.7. The summed E-state index contributed by atoms with van der Waals surface area (Å²) in [4.78, 5) is 15.9. The fourth-order valence-electron chi connectivity index (χ4n) is 2.85. The smallest absolute Gasteiger partial charge is 0.410 e. The minimum absolute atomic E-state index is 0.139. The number of fused-ring (bicyclic) bond motifs is 1. The Morgan fingerprint density at radius 2 is 2.23 bits per heavy atom. The standard InChI is InChI=1S/C14H16N4O4/c15-17-16-10-6-18-11(8-22-14(18)20)13(12(10)19)21-7-9-4-2-1-3-5-9/h1-5,10-13,19H,6-8H2/t10-,11+,12+,13+/m0/s1. The van der Waals surface area contributed by atoms with Crippen LogP contribution in [0.1, 0.15) is 5.56 Å². The molecule has 0 aromatic heterocycles. The Balaban J connectivity index is 1.76. The molecule has 8 heteroatoms. The highest BCUT2D eigenvalue weighted by Gasteiger charge is 2.49. The van der Waals surface area contributed by atoms with Crippen LogP contribution in [-0.2, 0) is 16.1 Å². The first-order valence-corrected chi connectivity index (χ1v) is 7.02. The molecule has 1 aromatic rings. The quantitative estimate of drug-likeness (QED) is 0.516. The van der Waals surface area contributed by atoms with E-state index in [-0.39, 0.29) is 19.2 Å². The van der Waals surface area contributed by atoms with E-state index in [0.29, 0.717) is 6.61 Å². The van der Waals surface area contributed by atoms with Gasteiger partial charge in [-0.15, -0.1) is 0 Å². The lowest BCUT2D eigenvalue weighted by molar-refractivity contribution is -0.108. The Morgan fingerprint density at radius 3 is 2.95 bits per heavy atom. The first kappa shape index (κ1) is 14.6. The number of aliphatic hydroxyl groups is 1. The number of hydrogen-bond donors (Lipinski definition) is 1. The van der Waals surface area contributed by atoms with Crippen molar-refractivity contribution in [3.05, 3.63) is 46.3 Å². The van der Waals surface area contributed by atoms with E-state index >= 15 is 0 Å². The molecule has 0 bridgehead atoms. The van der Waals surface area contributed by atoms with Gasteiger partial charge >= 0.3 is 6.09 Å². The third-order valence-corrected chi connectivity index (χ3v) is 3.99. The molecule has 2 heterocycles. The van der Waals surface area contributed by atoms with E-state index in [1.54, 1.807) is 0 Å². The van der Waals surface area contributed by atoms with Crippen LogP contribution in [0.2, 0.25) is 0 Å². The van der Waals surface area contributed by atoms with Crippen LogP contribution in [-0.4, -0.2) is 53.5 Å². The molecule has 4 atom stereocenters. The van der Waals surface area contributed by atoms with Crippen LogP contribution >= 0.6 is 0 Å². The molecule has 1 N–H and O–H groups in total. The predicted molar refractivity (Wildman–Crippen MR) is 75.8 cm³/mol. The van der Waals surface area contributed by atoms with Gasteiger partial charge in [0.05, 0.1) is 24.8 Å². The summed E-state index contributed by atoms with van der Waals surface area (Å²) < 4.78 is 10.8. The maximum Gasteiger partial charge on any atom is 0.410 e. The highest BCUT2D eigenvalue weighted by atomic mass is 16.6. The van der Waals surface area contributed by atoms with Gasteiger partial charge in [-0.25, -0.2) is 4.79 Å². The topological polar surface area (TPSA) is 108 Å². The minimum Gasteiger partial charge on any atom is -0.447 e. The SMILES string of the molecule is [N-]=[N+]=N[C@H]1CN2C(=O)OC[C@@H]2[C@@H](OCc2ccccc2)[C@@H]1O. The van der Waals surface area contributed by atoms with Gasteiger partial charge in [-0.2, -0.15) is 0 Å². The molecule has 0 saturated carbocycles. The lowest BCUT2D eigenvalue weighted by Crippen LogP contribution is -2.60. The molecule has 3 rings (SSSR count). The van der Waals surface area contributed by atoms with Crippen molar-refractivity contribution < 1.29 is 19.4 Å². The first-order valence-electron chi connectivity index (χ1n) is 7.02.